The molecule has 66 valence electrons. The van der Waals surface area contributed by atoms with E-state index >= 15 is 0 Å². The molecule has 0 aliphatic carbocycles. The van der Waals surface area contributed by atoms with Gasteiger partial charge in [-0.05, 0) is 18.9 Å². The summed E-state index contributed by atoms with van der Waals surface area (Å²) in [6.07, 6.45) is 2.73. The maximum atomic E-state index is 11.1. The van der Waals surface area contributed by atoms with Crippen molar-refractivity contribution in [1.82, 2.24) is 4.90 Å². The third-order valence-electron chi connectivity index (χ3n) is 2.04. The van der Waals surface area contributed by atoms with Crippen molar-refractivity contribution in [2.24, 2.45) is 5.73 Å². The second kappa shape index (κ2) is 3.38. The highest BCUT2D eigenvalue weighted by Gasteiger charge is 2.30. The molecule has 12 heavy (non-hydrogen) atoms. The van der Waals surface area contributed by atoms with Crippen LogP contribution in [0.2, 0.25) is 0 Å². The molecule has 1 saturated heterocycles. The molecule has 1 fully saturated rings. The van der Waals surface area contributed by atoms with Gasteiger partial charge in [-0.25, -0.2) is 0 Å². The van der Waals surface area contributed by atoms with E-state index in [0.29, 0.717) is 13.0 Å². The van der Waals surface area contributed by atoms with Crippen LogP contribution >= 0.6 is 0 Å². The van der Waals surface area contributed by atoms with Crippen LogP contribution in [0.15, 0.2) is 12.7 Å². The van der Waals surface area contributed by atoms with Crippen LogP contribution in [0.1, 0.15) is 12.8 Å². The molecule has 1 rings (SSSR count). The summed E-state index contributed by atoms with van der Waals surface area (Å²) < 4.78 is 0. The predicted molar refractivity (Wildman–Crippen MR) is 44.1 cm³/mol. The Balaban J connectivity index is 2.69. The van der Waals surface area contributed by atoms with Crippen molar-refractivity contribution in [3.05, 3.63) is 12.7 Å². The Kier molecular flexibility index (Phi) is 2.47. The quantitative estimate of drug-likeness (QED) is 0.573. The molecule has 0 spiro atoms. The van der Waals surface area contributed by atoms with Gasteiger partial charge in [0.15, 0.2) is 0 Å². The van der Waals surface area contributed by atoms with Gasteiger partial charge in [0.05, 0.1) is 0 Å². The first-order valence-electron chi connectivity index (χ1n) is 3.89. The van der Waals surface area contributed by atoms with Crippen LogP contribution in [0, 0.1) is 0 Å². The van der Waals surface area contributed by atoms with Gasteiger partial charge in [-0.3, -0.25) is 9.59 Å². The molecule has 1 heterocycles. The fraction of sp³-hybridized carbons (Fsp3) is 0.500. The van der Waals surface area contributed by atoms with E-state index in [1.165, 1.54) is 11.0 Å². The lowest BCUT2D eigenvalue weighted by molar-refractivity contribution is -0.133. The Hall–Kier alpha value is -1.32. The van der Waals surface area contributed by atoms with Crippen LogP contribution in [0.5, 0.6) is 0 Å². The highest BCUT2D eigenvalue weighted by Crippen LogP contribution is 2.16. The van der Waals surface area contributed by atoms with E-state index in [1.54, 1.807) is 0 Å². The van der Waals surface area contributed by atoms with Crippen molar-refractivity contribution in [2.45, 2.75) is 18.9 Å². The molecule has 0 radical (unpaired) electrons. The van der Waals surface area contributed by atoms with E-state index in [1.807, 2.05) is 0 Å². The molecule has 2 amide bonds. The van der Waals surface area contributed by atoms with Crippen LogP contribution in [-0.4, -0.2) is 29.3 Å². The van der Waals surface area contributed by atoms with Crippen molar-refractivity contribution < 1.29 is 9.59 Å². The zero-order chi connectivity index (χ0) is 9.14. The SMILES string of the molecule is C=CC(=O)N1CCCC1C(N)=O. The number of rotatable bonds is 2. The van der Waals surface area contributed by atoms with Crippen molar-refractivity contribution in [1.29, 1.82) is 0 Å². The molecule has 2 N–H and O–H groups in total. The van der Waals surface area contributed by atoms with Crippen LogP contribution in [0.25, 0.3) is 0 Å². The molecule has 0 aromatic rings. The van der Waals surface area contributed by atoms with Gasteiger partial charge in [-0.15, -0.1) is 0 Å². The average molecular weight is 168 g/mol. The minimum absolute atomic E-state index is 0.212. The van der Waals surface area contributed by atoms with Gasteiger partial charge in [-0.2, -0.15) is 0 Å². The minimum Gasteiger partial charge on any atom is -0.368 e. The fourth-order valence-electron chi connectivity index (χ4n) is 1.44. The number of amides is 2. The van der Waals surface area contributed by atoms with E-state index in [-0.39, 0.29) is 5.91 Å². The monoisotopic (exact) mass is 168 g/mol. The predicted octanol–water partition coefficient (Wildman–Crippen LogP) is -0.351. The lowest BCUT2D eigenvalue weighted by atomic mass is 10.2. The first-order valence-corrected chi connectivity index (χ1v) is 3.89. The number of hydrogen-bond donors (Lipinski definition) is 1. The maximum absolute atomic E-state index is 11.1. The molecule has 0 aromatic heterocycles. The molecule has 0 saturated carbocycles. The number of carbonyl (C=O) groups is 2. The van der Waals surface area contributed by atoms with Crippen molar-refractivity contribution in [3.63, 3.8) is 0 Å². The summed E-state index contributed by atoms with van der Waals surface area (Å²) in [6.45, 7) is 3.97. The number of carbonyl (C=O) groups excluding carboxylic acids is 2. The minimum atomic E-state index is -0.428. The van der Waals surface area contributed by atoms with Crippen molar-refractivity contribution in [3.8, 4) is 0 Å². The Morgan fingerprint density at radius 2 is 2.25 bits per heavy atom. The van der Waals surface area contributed by atoms with Gasteiger partial charge >= 0.3 is 0 Å². The summed E-state index contributed by atoms with van der Waals surface area (Å²) >= 11 is 0. The lowest BCUT2D eigenvalue weighted by Gasteiger charge is -2.19. The van der Waals surface area contributed by atoms with Crippen molar-refractivity contribution in [2.75, 3.05) is 6.54 Å². The number of nitrogens with two attached hydrogens (primary N) is 1. The summed E-state index contributed by atoms with van der Waals surface area (Å²) in [5, 5.41) is 0. The molecule has 4 nitrogen and oxygen atoms in total. The Morgan fingerprint density at radius 1 is 1.58 bits per heavy atom. The highest BCUT2D eigenvalue weighted by atomic mass is 16.2. The first-order chi connectivity index (χ1) is 5.66. The Morgan fingerprint density at radius 3 is 2.75 bits per heavy atom. The van der Waals surface area contributed by atoms with E-state index in [0.717, 1.165) is 6.42 Å². The number of nitrogens with zero attached hydrogens (tertiary/aromatic N) is 1. The zero-order valence-electron chi connectivity index (χ0n) is 6.82. The van der Waals surface area contributed by atoms with E-state index in [2.05, 4.69) is 6.58 Å². The number of primary amides is 1. The largest absolute Gasteiger partial charge is 0.368 e. The van der Waals surface area contributed by atoms with E-state index in [9.17, 15) is 9.59 Å². The second-order valence-electron chi connectivity index (χ2n) is 2.80. The lowest BCUT2D eigenvalue weighted by Crippen LogP contribution is -2.42. The number of hydrogen-bond acceptors (Lipinski definition) is 2. The second-order valence-corrected chi connectivity index (χ2v) is 2.80. The molecule has 4 heteroatoms. The zero-order valence-corrected chi connectivity index (χ0v) is 6.82. The molecule has 1 aliphatic rings. The molecule has 1 aliphatic heterocycles. The van der Waals surface area contributed by atoms with Crippen LogP contribution in [-0.2, 0) is 9.59 Å². The highest BCUT2D eigenvalue weighted by molar-refractivity contribution is 5.92. The fourth-order valence-corrected chi connectivity index (χ4v) is 1.44. The summed E-state index contributed by atoms with van der Waals surface area (Å²) in [4.78, 5) is 23.4. The third kappa shape index (κ3) is 1.47. The molecular formula is C8H12N2O2. The van der Waals surface area contributed by atoms with Gasteiger partial charge in [0.2, 0.25) is 11.8 Å². The molecule has 0 bridgehead atoms. The Labute approximate surface area is 71.0 Å². The molecular weight excluding hydrogens is 156 g/mol. The van der Waals surface area contributed by atoms with Gasteiger partial charge in [0.1, 0.15) is 6.04 Å². The molecule has 1 atom stereocenters. The normalized spacial score (nSPS) is 22.3. The van der Waals surface area contributed by atoms with Crippen LogP contribution < -0.4 is 5.73 Å². The Bertz CT molecular complexity index is 225. The summed E-state index contributed by atoms with van der Waals surface area (Å²) in [5.74, 6) is -0.640. The molecule has 1 unspecified atom stereocenters. The summed E-state index contributed by atoms with van der Waals surface area (Å²) in [7, 11) is 0. The van der Waals surface area contributed by atoms with Crippen LogP contribution in [0.3, 0.4) is 0 Å². The maximum Gasteiger partial charge on any atom is 0.246 e. The average Bonchev–Trinajstić information content (AvgIpc) is 2.50. The molecule has 0 aromatic carbocycles. The van der Waals surface area contributed by atoms with Gasteiger partial charge in [-0.1, -0.05) is 6.58 Å². The van der Waals surface area contributed by atoms with Crippen LogP contribution in [0.4, 0.5) is 0 Å². The summed E-state index contributed by atoms with van der Waals surface area (Å²) in [6, 6.07) is -0.421. The van der Waals surface area contributed by atoms with Gasteiger partial charge in [0, 0.05) is 6.54 Å². The topological polar surface area (TPSA) is 63.4 Å². The standard InChI is InChI=1S/C8H12N2O2/c1-2-7(11)10-5-3-4-6(10)8(9)12/h2,6H,1,3-5H2,(H2,9,12). The van der Waals surface area contributed by atoms with E-state index < -0.39 is 11.9 Å². The van der Waals surface area contributed by atoms with Gasteiger partial charge < -0.3 is 10.6 Å². The first kappa shape index (κ1) is 8.77. The van der Waals surface area contributed by atoms with E-state index in [4.69, 9.17) is 5.73 Å². The smallest absolute Gasteiger partial charge is 0.246 e. The summed E-state index contributed by atoms with van der Waals surface area (Å²) in [5.41, 5.74) is 5.11. The van der Waals surface area contributed by atoms with Crippen molar-refractivity contribution >= 4 is 11.8 Å². The third-order valence-corrected chi connectivity index (χ3v) is 2.04. The number of likely N-dealkylation sites (tertiary alicyclic amines) is 1. The van der Waals surface area contributed by atoms with Gasteiger partial charge in [0.25, 0.3) is 0 Å².